The van der Waals surface area contributed by atoms with E-state index in [1.807, 2.05) is 37.3 Å². The molecular formula is C24H23ClO2. The highest BCUT2D eigenvalue weighted by atomic mass is 35.5. The first-order valence-electron chi connectivity index (χ1n) is 9.55. The van der Waals surface area contributed by atoms with Crippen LogP contribution in [0.3, 0.4) is 0 Å². The lowest BCUT2D eigenvalue weighted by Gasteiger charge is -2.16. The Morgan fingerprint density at radius 1 is 1.04 bits per heavy atom. The van der Waals surface area contributed by atoms with Crippen LogP contribution >= 0.6 is 11.6 Å². The largest absolute Gasteiger partial charge is 0.511 e. The molecule has 0 heterocycles. The van der Waals surface area contributed by atoms with Gasteiger partial charge in [-0.1, -0.05) is 48.9 Å². The number of rotatable bonds is 3. The zero-order valence-electron chi connectivity index (χ0n) is 15.6. The van der Waals surface area contributed by atoms with Gasteiger partial charge in [0.2, 0.25) is 0 Å². The minimum atomic E-state index is -0.119. The zero-order valence-corrected chi connectivity index (χ0v) is 16.4. The summed E-state index contributed by atoms with van der Waals surface area (Å²) in [7, 11) is 0. The van der Waals surface area contributed by atoms with E-state index in [9.17, 15) is 9.90 Å². The second-order valence-electron chi connectivity index (χ2n) is 7.48. The van der Waals surface area contributed by atoms with E-state index < -0.39 is 0 Å². The highest BCUT2D eigenvalue weighted by molar-refractivity contribution is 6.30. The summed E-state index contributed by atoms with van der Waals surface area (Å²) in [6.07, 6.45) is 6.42. The van der Waals surface area contributed by atoms with Gasteiger partial charge >= 0.3 is 0 Å². The van der Waals surface area contributed by atoms with Crippen molar-refractivity contribution < 1.29 is 9.90 Å². The van der Waals surface area contributed by atoms with Crippen LogP contribution in [0, 0.1) is 18.8 Å². The van der Waals surface area contributed by atoms with Gasteiger partial charge in [-0.05, 0) is 72.2 Å². The van der Waals surface area contributed by atoms with E-state index in [2.05, 4.69) is 25.1 Å². The van der Waals surface area contributed by atoms with Crippen LogP contribution in [0.5, 0.6) is 0 Å². The predicted octanol–water partition coefficient (Wildman–Crippen LogP) is 6.31. The van der Waals surface area contributed by atoms with Crippen LogP contribution in [0.1, 0.15) is 36.5 Å². The van der Waals surface area contributed by atoms with Gasteiger partial charge in [-0.15, -0.1) is 0 Å². The third-order valence-corrected chi connectivity index (χ3v) is 6.05. The molecule has 0 unspecified atom stereocenters. The lowest BCUT2D eigenvalue weighted by atomic mass is 9.86. The summed E-state index contributed by atoms with van der Waals surface area (Å²) in [5, 5.41) is 11.6. The van der Waals surface area contributed by atoms with Crippen molar-refractivity contribution in [3.63, 3.8) is 0 Å². The molecule has 2 bridgehead atoms. The maximum Gasteiger partial charge on any atom is 0.173 e. The van der Waals surface area contributed by atoms with Crippen molar-refractivity contribution >= 4 is 23.0 Å². The number of aliphatic hydroxyl groups is 1. The summed E-state index contributed by atoms with van der Waals surface area (Å²) < 4.78 is 0. The Hall–Kier alpha value is -2.32. The van der Waals surface area contributed by atoms with Crippen LogP contribution in [0.15, 0.2) is 54.3 Å². The molecule has 2 aromatic rings. The molecule has 1 N–H and O–H groups in total. The second kappa shape index (κ2) is 7.01. The molecular weight excluding hydrogens is 356 g/mol. The Morgan fingerprint density at radius 3 is 2.44 bits per heavy atom. The normalized spacial score (nSPS) is 21.7. The number of halogens is 1. The molecule has 138 valence electrons. The maximum absolute atomic E-state index is 13.2. The van der Waals surface area contributed by atoms with E-state index in [4.69, 9.17) is 11.6 Å². The van der Waals surface area contributed by atoms with Gasteiger partial charge in [0.05, 0.1) is 5.57 Å². The van der Waals surface area contributed by atoms with E-state index in [-0.39, 0.29) is 23.4 Å². The molecule has 0 saturated heterocycles. The molecule has 3 aliphatic rings. The third-order valence-electron chi connectivity index (χ3n) is 5.81. The lowest BCUT2D eigenvalue weighted by molar-refractivity contribution is -0.116. The van der Waals surface area contributed by atoms with Crippen molar-refractivity contribution in [3.05, 3.63) is 76.0 Å². The number of benzene rings is 2. The molecule has 3 aliphatic carbocycles. The Kier molecular flexibility index (Phi) is 4.69. The van der Waals surface area contributed by atoms with Crippen molar-refractivity contribution in [2.24, 2.45) is 11.8 Å². The second-order valence-corrected chi connectivity index (χ2v) is 7.92. The number of allylic oxidation sites excluding steroid dienone is 3. The highest BCUT2D eigenvalue weighted by Crippen LogP contribution is 2.41. The monoisotopic (exact) mass is 378 g/mol. The number of carbonyl (C=O) groups is 1. The van der Waals surface area contributed by atoms with Crippen LogP contribution in [0.4, 0.5) is 0 Å². The number of fused-ring (bicyclic) bond motifs is 2. The van der Waals surface area contributed by atoms with Crippen LogP contribution in [0.25, 0.3) is 16.7 Å². The molecule has 2 aromatic carbocycles. The van der Waals surface area contributed by atoms with Gasteiger partial charge < -0.3 is 5.11 Å². The standard InChI is InChI=1S/C24H23ClO2/c1-3-15-4-9-18(20-11-10-19(25)12-14(20)2)13-21(15)22-23(26)16-5-6-17(8-7-16)24(22)27/h4-6,9-13,16-17,26H,3,7-8H2,1-2H3/t16-,17+/m0/s1. The van der Waals surface area contributed by atoms with Gasteiger partial charge in [0, 0.05) is 16.9 Å². The summed E-state index contributed by atoms with van der Waals surface area (Å²) in [6.45, 7) is 4.12. The molecule has 0 saturated carbocycles. The Labute approximate surface area is 165 Å². The number of ketones is 1. The number of carbonyl (C=O) groups excluding carboxylic acids is 1. The quantitative estimate of drug-likeness (QED) is 0.635. The van der Waals surface area contributed by atoms with Crippen LogP contribution in [0.2, 0.25) is 5.02 Å². The lowest BCUT2D eigenvalue weighted by Crippen LogP contribution is -2.14. The number of hydrogen-bond donors (Lipinski definition) is 1. The van der Waals surface area contributed by atoms with Crippen LogP contribution < -0.4 is 0 Å². The third kappa shape index (κ3) is 3.12. The van der Waals surface area contributed by atoms with Gasteiger partial charge in [-0.25, -0.2) is 0 Å². The molecule has 0 fully saturated rings. The first-order valence-corrected chi connectivity index (χ1v) is 9.93. The molecule has 0 radical (unpaired) electrons. The van der Waals surface area contributed by atoms with Gasteiger partial charge in [0.1, 0.15) is 5.76 Å². The molecule has 0 amide bonds. The molecule has 27 heavy (non-hydrogen) atoms. The average Bonchev–Trinajstić information content (AvgIpc) is 2.86. The van der Waals surface area contributed by atoms with E-state index in [1.54, 1.807) is 0 Å². The van der Waals surface area contributed by atoms with Gasteiger partial charge in [0.25, 0.3) is 0 Å². The topological polar surface area (TPSA) is 37.3 Å². The predicted molar refractivity (Wildman–Crippen MR) is 111 cm³/mol. The number of Topliss-reactive ketones (excluding diaryl/α,β-unsaturated/α-hetero) is 1. The molecule has 2 atom stereocenters. The Balaban J connectivity index is 1.90. The Morgan fingerprint density at radius 2 is 1.78 bits per heavy atom. The summed E-state index contributed by atoms with van der Waals surface area (Å²) in [5.41, 5.74) is 5.68. The number of aryl methyl sites for hydroxylation is 2. The first kappa shape index (κ1) is 18.1. The first-order chi connectivity index (χ1) is 13.0. The molecule has 2 nitrogen and oxygen atoms in total. The van der Waals surface area contributed by atoms with E-state index >= 15 is 0 Å². The fraction of sp³-hybridized carbons (Fsp3) is 0.292. The minimum absolute atomic E-state index is 0.0448. The fourth-order valence-corrected chi connectivity index (χ4v) is 4.50. The van der Waals surface area contributed by atoms with Crippen molar-refractivity contribution in [3.8, 4) is 11.1 Å². The molecule has 5 rings (SSSR count). The molecule has 0 aromatic heterocycles. The zero-order chi connectivity index (χ0) is 19.1. The average molecular weight is 379 g/mol. The minimum Gasteiger partial charge on any atom is -0.511 e. The summed E-state index contributed by atoms with van der Waals surface area (Å²) >= 11 is 6.11. The smallest absolute Gasteiger partial charge is 0.173 e. The number of hydrogen-bond acceptors (Lipinski definition) is 2. The van der Waals surface area contributed by atoms with Gasteiger partial charge in [0.15, 0.2) is 5.78 Å². The molecule has 3 heteroatoms. The fourth-order valence-electron chi connectivity index (χ4n) is 4.27. The van der Waals surface area contributed by atoms with Crippen molar-refractivity contribution in [1.82, 2.24) is 0 Å². The van der Waals surface area contributed by atoms with E-state index in [0.29, 0.717) is 10.6 Å². The number of aliphatic hydroxyl groups excluding tert-OH is 1. The highest BCUT2D eigenvalue weighted by Gasteiger charge is 2.35. The Bertz CT molecular complexity index is 984. The van der Waals surface area contributed by atoms with Crippen molar-refractivity contribution in [2.75, 3.05) is 0 Å². The van der Waals surface area contributed by atoms with Crippen molar-refractivity contribution in [1.29, 1.82) is 0 Å². The van der Waals surface area contributed by atoms with E-state index in [1.165, 1.54) is 0 Å². The van der Waals surface area contributed by atoms with Crippen LogP contribution in [-0.2, 0) is 11.2 Å². The van der Waals surface area contributed by atoms with Crippen molar-refractivity contribution in [2.45, 2.75) is 33.1 Å². The van der Waals surface area contributed by atoms with Gasteiger partial charge in [-0.3, -0.25) is 4.79 Å². The van der Waals surface area contributed by atoms with E-state index in [0.717, 1.165) is 47.1 Å². The summed E-state index contributed by atoms with van der Waals surface area (Å²) in [6, 6.07) is 12.1. The SMILES string of the molecule is CCc1ccc(-c2ccc(Cl)cc2C)cc1C1=C(O)[C@H]2C=C[C@H](CC2)C1=O. The summed E-state index contributed by atoms with van der Waals surface area (Å²) in [4.78, 5) is 13.2. The van der Waals surface area contributed by atoms with Gasteiger partial charge in [-0.2, -0.15) is 0 Å². The molecule has 0 spiro atoms. The van der Waals surface area contributed by atoms with Crippen LogP contribution in [-0.4, -0.2) is 10.9 Å². The summed E-state index contributed by atoms with van der Waals surface area (Å²) in [5.74, 6) is 0.110. The maximum atomic E-state index is 13.2. The molecule has 0 aliphatic heterocycles.